The minimum absolute atomic E-state index is 0.0772. The van der Waals surface area contributed by atoms with Gasteiger partial charge in [0.05, 0.1) is 16.9 Å². The monoisotopic (exact) mass is 325 g/mol. The van der Waals surface area contributed by atoms with Crippen LogP contribution in [0, 0.1) is 10.1 Å². The largest absolute Gasteiger partial charge is 0.390 e. The van der Waals surface area contributed by atoms with Gasteiger partial charge in [-0.05, 0) is 47.0 Å². The number of hydrogen-bond donors (Lipinski definition) is 1. The van der Waals surface area contributed by atoms with Crippen LogP contribution in [-0.4, -0.2) is 26.7 Å². The molecular weight excluding hydrogens is 314 g/mol. The third-order valence-electron chi connectivity index (χ3n) is 2.72. The lowest BCUT2D eigenvalue weighted by Gasteiger charge is -2.09. The third-order valence-corrected chi connectivity index (χ3v) is 3.19. The van der Waals surface area contributed by atoms with E-state index in [0.717, 1.165) is 4.47 Å². The Kier molecular flexibility index (Phi) is 3.91. The maximum absolute atomic E-state index is 10.8. The van der Waals surface area contributed by atoms with Gasteiger partial charge in [0.2, 0.25) is 0 Å². The van der Waals surface area contributed by atoms with Crippen LogP contribution in [-0.2, 0) is 0 Å². The van der Waals surface area contributed by atoms with Gasteiger partial charge in [-0.15, -0.1) is 4.68 Å². The molecule has 0 aliphatic carbocycles. The van der Waals surface area contributed by atoms with E-state index in [9.17, 15) is 10.1 Å². The van der Waals surface area contributed by atoms with Crippen molar-refractivity contribution in [1.82, 2.24) is 20.1 Å². The summed E-state index contributed by atoms with van der Waals surface area (Å²) >= 11 is 3.29. The quantitative estimate of drug-likeness (QED) is 0.688. The van der Waals surface area contributed by atoms with Gasteiger partial charge in [-0.1, -0.05) is 0 Å². The van der Waals surface area contributed by atoms with Gasteiger partial charge in [0.15, 0.2) is 5.82 Å². The van der Waals surface area contributed by atoms with Crippen LogP contribution in [0.5, 0.6) is 0 Å². The Morgan fingerprint density at radius 2 is 2.26 bits per heavy atom. The first-order chi connectivity index (χ1) is 9.02. The van der Waals surface area contributed by atoms with Crippen molar-refractivity contribution in [3.63, 3.8) is 0 Å². The summed E-state index contributed by atoms with van der Waals surface area (Å²) in [5.41, 5.74) is 0.684. The Bertz CT molecular complexity index is 596. The first kappa shape index (κ1) is 13.6. The Balaban J connectivity index is 2.53. The molecule has 100 valence electrons. The number of hydrogen-bond acceptors (Lipinski definition) is 5. The Hall–Kier alpha value is -1.80. The molecule has 7 nitrogen and oxygen atoms in total. The summed E-state index contributed by atoms with van der Waals surface area (Å²) in [6, 6.07) is 4.92. The predicted octanol–water partition coefficient (Wildman–Crippen LogP) is 2.22. The minimum atomic E-state index is -0.513. The van der Waals surface area contributed by atoms with E-state index in [1.807, 2.05) is 13.0 Å². The highest BCUT2D eigenvalue weighted by Crippen LogP contribution is 2.22. The summed E-state index contributed by atoms with van der Waals surface area (Å²) in [5.74, 6) is 0.343. The SMILES string of the molecule is CNC(C)c1cc([N+](=O)[O-])nn1-c1ccc(Br)cn1. The molecule has 0 saturated heterocycles. The van der Waals surface area contributed by atoms with Crippen molar-refractivity contribution in [1.29, 1.82) is 0 Å². The molecule has 0 saturated carbocycles. The Labute approximate surface area is 117 Å². The fraction of sp³-hybridized carbons (Fsp3) is 0.273. The normalized spacial score (nSPS) is 12.4. The van der Waals surface area contributed by atoms with Gasteiger partial charge in [0, 0.05) is 16.7 Å². The molecule has 0 spiro atoms. The maximum Gasteiger partial charge on any atom is 0.390 e. The molecule has 0 radical (unpaired) electrons. The van der Waals surface area contributed by atoms with E-state index in [2.05, 4.69) is 31.3 Å². The van der Waals surface area contributed by atoms with Crippen LogP contribution in [0.1, 0.15) is 18.7 Å². The highest BCUT2D eigenvalue weighted by molar-refractivity contribution is 9.10. The topological polar surface area (TPSA) is 85.9 Å². The van der Waals surface area contributed by atoms with Crippen LogP contribution in [0.4, 0.5) is 5.82 Å². The van der Waals surface area contributed by atoms with E-state index in [1.165, 1.54) is 10.7 Å². The van der Waals surface area contributed by atoms with Crippen molar-refractivity contribution >= 4 is 21.7 Å². The molecule has 2 aromatic heterocycles. The van der Waals surface area contributed by atoms with Crippen LogP contribution >= 0.6 is 15.9 Å². The minimum Gasteiger partial charge on any atom is -0.358 e. The smallest absolute Gasteiger partial charge is 0.358 e. The zero-order valence-corrected chi connectivity index (χ0v) is 12.0. The van der Waals surface area contributed by atoms with Gasteiger partial charge < -0.3 is 15.4 Å². The molecule has 2 aromatic rings. The van der Waals surface area contributed by atoms with Crippen molar-refractivity contribution in [3.05, 3.63) is 44.7 Å². The molecule has 1 unspecified atom stereocenters. The molecule has 0 bridgehead atoms. The van der Waals surface area contributed by atoms with Gasteiger partial charge in [-0.25, -0.2) is 4.98 Å². The van der Waals surface area contributed by atoms with E-state index < -0.39 is 4.92 Å². The van der Waals surface area contributed by atoms with Gasteiger partial charge in [0.25, 0.3) is 0 Å². The highest BCUT2D eigenvalue weighted by Gasteiger charge is 2.23. The Morgan fingerprint density at radius 1 is 1.53 bits per heavy atom. The summed E-state index contributed by atoms with van der Waals surface area (Å²) in [5, 5.41) is 17.9. The maximum atomic E-state index is 10.8. The van der Waals surface area contributed by atoms with E-state index in [1.54, 1.807) is 19.3 Å². The summed E-state index contributed by atoms with van der Waals surface area (Å²) in [7, 11) is 1.78. The molecule has 0 aliphatic heterocycles. The van der Waals surface area contributed by atoms with Crippen LogP contribution in [0.15, 0.2) is 28.9 Å². The van der Waals surface area contributed by atoms with Crippen molar-refractivity contribution in [2.75, 3.05) is 7.05 Å². The van der Waals surface area contributed by atoms with Gasteiger partial charge in [-0.3, -0.25) is 0 Å². The number of rotatable bonds is 4. The third kappa shape index (κ3) is 2.79. The van der Waals surface area contributed by atoms with E-state index in [4.69, 9.17) is 0 Å². The molecule has 8 heteroatoms. The van der Waals surface area contributed by atoms with E-state index >= 15 is 0 Å². The second-order valence-corrected chi connectivity index (χ2v) is 4.86. The van der Waals surface area contributed by atoms with E-state index in [-0.39, 0.29) is 11.9 Å². The lowest BCUT2D eigenvalue weighted by atomic mass is 10.2. The number of nitrogens with one attached hydrogen (secondary N) is 1. The fourth-order valence-corrected chi connectivity index (χ4v) is 1.84. The zero-order valence-electron chi connectivity index (χ0n) is 10.4. The van der Waals surface area contributed by atoms with Crippen molar-refractivity contribution in [2.45, 2.75) is 13.0 Å². The second kappa shape index (κ2) is 5.45. The summed E-state index contributed by atoms with van der Waals surface area (Å²) in [4.78, 5) is 14.5. The van der Waals surface area contributed by atoms with Crippen molar-refractivity contribution in [2.24, 2.45) is 0 Å². The Morgan fingerprint density at radius 3 is 2.79 bits per heavy atom. The van der Waals surface area contributed by atoms with Crippen LogP contribution in [0.25, 0.3) is 5.82 Å². The molecule has 0 fully saturated rings. The predicted molar refractivity (Wildman–Crippen MR) is 73.2 cm³/mol. The first-order valence-electron chi connectivity index (χ1n) is 5.56. The van der Waals surface area contributed by atoms with Gasteiger partial charge in [-0.2, -0.15) is 0 Å². The molecule has 1 atom stereocenters. The average Bonchev–Trinajstić information content (AvgIpc) is 2.84. The molecule has 1 N–H and O–H groups in total. The average molecular weight is 326 g/mol. The fourth-order valence-electron chi connectivity index (χ4n) is 1.60. The molecule has 2 rings (SSSR count). The van der Waals surface area contributed by atoms with Gasteiger partial charge in [0.1, 0.15) is 0 Å². The summed E-state index contributed by atoms with van der Waals surface area (Å²) < 4.78 is 2.31. The van der Waals surface area contributed by atoms with Crippen LogP contribution in [0.2, 0.25) is 0 Å². The molecule has 2 heterocycles. The van der Waals surface area contributed by atoms with Gasteiger partial charge >= 0.3 is 5.82 Å². The second-order valence-electron chi connectivity index (χ2n) is 3.94. The first-order valence-corrected chi connectivity index (χ1v) is 6.35. The zero-order chi connectivity index (χ0) is 14.0. The number of nitrogens with zero attached hydrogens (tertiary/aromatic N) is 4. The molecule has 0 aromatic carbocycles. The number of nitro groups is 1. The summed E-state index contributed by atoms with van der Waals surface area (Å²) in [6.07, 6.45) is 1.62. The van der Waals surface area contributed by atoms with Crippen LogP contribution < -0.4 is 5.32 Å². The number of pyridine rings is 1. The molecule has 0 amide bonds. The number of aromatic nitrogens is 3. The lowest BCUT2D eigenvalue weighted by molar-refractivity contribution is -0.389. The van der Waals surface area contributed by atoms with Crippen molar-refractivity contribution in [3.8, 4) is 5.82 Å². The highest BCUT2D eigenvalue weighted by atomic mass is 79.9. The summed E-state index contributed by atoms with van der Waals surface area (Å²) in [6.45, 7) is 1.90. The molecular formula is C11H12BrN5O2. The lowest BCUT2D eigenvalue weighted by Crippen LogP contribution is -2.17. The standard InChI is InChI=1S/C11H12BrN5O2/c1-7(13-2)9-5-11(17(18)19)15-16(9)10-4-3-8(12)6-14-10/h3-7,13H,1-2H3. The van der Waals surface area contributed by atoms with Crippen molar-refractivity contribution < 1.29 is 4.92 Å². The van der Waals surface area contributed by atoms with Crippen LogP contribution in [0.3, 0.4) is 0 Å². The van der Waals surface area contributed by atoms with E-state index in [0.29, 0.717) is 11.5 Å². The molecule has 0 aliphatic rings. The molecule has 19 heavy (non-hydrogen) atoms. The number of halogens is 1.